The van der Waals surface area contributed by atoms with E-state index >= 15 is 0 Å². The molecule has 0 atom stereocenters. The van der Waals surface area contributed by atoms with Gasteiger partial charge in [0.05, 0.1) is 31.2 Å². The first-order valence-corrected chi connectivity index (χ1v) is 14.2. The standard InChI is InChI=1S/C17H14FN5O.C15H15FN2O5/c1-22-9-12(8-21-22)11-6-17(15-4-5-20-23(15)10-11)24-16-3-2-13(19)7-14(16)18;1-2-23-8-7-17-9-12(14(20)21)13(19)18(15(17)22)11-5-3-10(16)4-6-11/h2-10H,19H2,1H3;3-6,9H,2,7-8H2,1H3,(H,20,21). The zero-order valence-electron chi connectivity index (χ0n) is 25.2. The monoisotopic (exact) mass is 645 g/mol. The number of nitrogens with zero attached hydrogens (tertiary/aromatic N) is 6. The number of carbonyl (C=O) groups is 1. The Labute approximate surface area is 265 Å². The minimum absolute atomic E-state index is 0.0917. The number of nitrogens with two attached hydrogens (primary N) is 1. The van der Waals surface area contributed by atoms with Crippen LogP contribution in [0.25, 0.3) is 22.3 Å². The van der Waals surface area contributed by atoms with Crippen LogP contribution in [0.15, 0.2) is 95.2 Å². The van der Waals surface area contributed by atoms with Crippen molar-refractivity contribution >= 4 is 17.2 Å². The molecule has 6 aromatic rings. The highest BCUT2D eigenvalue weighted by molar-refractivity contribution is 5.86. The first kappa shape index (κ1) is 32.3. The van der Waals surface area contributed by atoms with Gasteiger partial charge < -0.3 is 20.3 Å². The van der Waals surface area contributed by atoms with Gasteiger partial charge in [0.25, 0.3) is 5.56 Å². The Hall–Kier alpha value is -6.09. The van der Waals surface area contributed by atoms with Crippen molar-refractivity contribution in [1.82, 2.24) is 28.5 Å². The van der Waals surface area contributed by atoms with Crippen molar-refractivity contribution in [3.05, 3.63) is 124 Å². The van der Waals surface area contributed by atoms with Gasteiger partial charge in [-0.2, -0.15) is 10.2 Å². The van der Waals surface area contributed by atoms with E-state index in [9.17, 15) is 23.2 Å². The van der Waals surface area contributed by atoms with Gasteiger partial charge in [-0.05, 0) is 55.5 Å². The van der Waals surface area contributed by atoms with Crippen LogP contribution >= 0.6 is 0 Å². The van der Waals surface area contributed by atoms with Crippen LogP contribution in [0.2, 0.25) is 0 Å². The average Bonchev–Trinajstić information content (AvgIpc) is 3.70. The molecule has 0 amide bonds. The summed E-state index contributed by atoms with van der Waals surface area (Å²) in [7, 11) is 1.84. The minimum Gasteiger partial charge on any atom is -0.477 e. The summed E-state index contributed by atoms with van der Waals surface area (Å²) in [5.41, 5.74) is 6.29. The second kappa shape index (κ2) is 13.9. The summed E-state index contributed by atoms with van der Waals surface area (Å²) in [5.74, 6) is -1.89. The number of nitrogen functional groups attached to an aromatic ring is 1. The maximum atomic E-state index is 14.0. The molecule has 0 spiro atoms. The molecule has 13 nitrogen and oxygen atoms in total. The molecule has 0 aliphatic rings. The summed E-state index contributed by atoms with van der Waals surface area (Å²) < 4.78 is 43.2. The first-order chi connectivity index (χ1) is 22.5. The van der Waals surface area contributed by atoms with Gasteiger partial charge in [0.1, 0.15) is 16.9 Å². The average molecular weight is 646 g/mol. The number of hydrogen-bond donors (Lipinski definition) is 2. The van der Waals surface area contributed by atoms with Gasteiger partial charge >= 0.3 is 11.7 Å². The van der Waals surface area contributed by atoms with Gasteiger partial charge in [-0.1, -0.05) is 0 Å². The molecule has 0 saturated heterocycles. The Bertz CT molecular complexity index is 2170. The Morgan fingerprint density at radius 3 is 2.38 bits per heavy atom. The second-order valence-corrected chi connectivity index (χ2v) is 10.1. The number of anilines is 1. The van der Waals surface area contributed by atoms with E-state index in [1.165, 1.54) is 24.3 Å². The molecule has 0 bridgehead atoms. The smallest absolute Gasteiger partial charge is 0.342 e. The van der Waals surface area contributed by atoms with Gasteiger partial charge in [-0.3, -0.25) is 14.0 Å². The molecule has 0 radical (unpaired) electrons. The van der Waals surface area contributed by atoms with E-state index in [1.807, 2.05) is 25.5 Å². The van der Waals surface area contributed by atoms with Gasteiger partial charge in [0.2, 0.25) is 0 Å². The van der Waals surface area contributed by atoms with E-state index in [1.54, 1.807) is 40.6 Å². The van der Waals surface area contributed by atoms with Crippen LogP contribution < -0.4 is 21.7 Å². The van der Waals surface area contributed by atoms with Crippen molar-refractivity contribution in [2.75, 3.05) is 18.9 Å². The van der Waals surface area contributed by atoms with Crippen LogP contribution in [-0.4, -0.2) is 52.8 Å². The first-order valence-electron chi connectivity index (χ1n) is 14.2. The summed E-state index contributed by atoms with van der Waals surface area (Å²) in [4.78, 5) is 35.9. The van der Waals surface area contributed by atoms with Gasteiger partial charge in [-0.15, -0.1) is 0 Å². The summed E-state index contributed by atoms with van der Waals surface area (Å²) in [5, 5.41) is 17.6. The number of pyridine rings is 1. The van der Waals surface area contributed by atoms with Crippen molar-refractivity contribution in [3.63, 3.8) is 0 Å². The van der Waals surface area contributed by atoms with Crippen molar-refractivity contribution in [2.24, 2.45) is 7.05 Å². The molecule has 0 unspecified atom stereocenters. The molecular weight excluding hydrogens is 616 g/mol. The molecule has 4 heterocycles. The molecule has 47 heavy (non-hydrogen) atoms. The largest absolute Gasteiger partial charge is 0.477 e. The molecule has 3 N–H and O–H groups in total. The highest BCUT2D eigenvalue weighted by atomic mass is 19.1. The molecule has 0 aliphatic carbocycles. The van der Waals surface area contributed by atoms with E-state index in [0.29, 0.717) is 22.6 Å². The summed E-state index contributed by atoms with van der Waals surface area (Å²) >= 11 is 0. The third-order valence-electron chi connectivity index (χ3n) is 6.84. The predicted octanol–water partition coefficient (Wildman–Crippen LogP) is 4.12. The van der Waals surface area contributed by atoms with E-state index in [2.05, 4.69) is 10.2 Å². The molecule has 15 heteroatoms. The molecule has 0 aliphatic heterocycles. The number of rotatable bonds is 9. The minimum atomic E-state index is -1.45. The fraction of sp³-hybridized carbons (Fsp3) is 0.156. The lowest BCUT2D eigenvalue weighted by Gasteiger charge is -2.11. The SMILES string of the molecule is CCOCCn1cc(C(=O)O)c(=O)n(-c2ccc(F)cc2)c1=O.Cn1cc(-c2cc(Oc3ccc(N)cc3F)c3ccnn3c2)cn1. The summed E-state index contributed by atoms with van der Waals surface area (Å²) in [6, 6.07) is 12.6. The van der Waals surface area contributed by atoms with Crippen molar-refractivity contribution in [3.8, 4) is 28.3 Å². The maximum absolute atomic E-state index is 14.0. The second-order valence-electron chi connectivity index (χ2n) is 10.1. The molecule has 6 rings (SSSR count). The highest BCUT2D eigenvalue weighted by Gasteiger charge is 2.18. The number of aromatic carboxylic acids is 1. The molecule has 0 fully saturated rings. The quantitative estimate of drug-likeness (QED) is 0.174. The van der Waals surface area contributed by atoms with Crippen molar-refractivity contribution in [1.29, 1.82) is 0 Å². The van der Waals surface area contributed by atoms with Crippen LogP contribution in [0.5, 0.6) is 11.5 Å². The number of benzene rings is 2. The topological polar surface area (TPSA) is 161 Å². The van der Waals surface area contributed by atoms with Gasteiger partial charge in [-0.25, -0.2) is 27.5 Å². The van der Waals surface area contributed by atoms with Crippen LogP contribution in [0, 0.1) is 11.6 Å². The lowest BCUT2D eigenvalue weighted by molar-refractivity contribution is 0.0692. The number of aryl methyl sites for hydroxylation is 1. The highest BCUT2D eigenvalue weighted by Crippen LogP contribution is 2.32. The number of hydrogen-bond acceptors (Lipinski definition) is 8. The summed E-state index contributed by atoms with van der Waals surface area (Å²) in [6.45, 7) is 2.51. The molecule has 2 aromatic carbocycles. The molecular formula is C32H29F2N7O6. The number of carboxylic acid groups (broad SMARTS) is 1. The van der Waals surface area contributed by atoms with Crippen LogP contribution in [0.4, 0.5) is 14.5 Å². The zero-order chi connectivity index (χ0) is 33.7. The van der Waals surface area contributed by atoms with E-state index < -0.39 is 34.4 Å². The molecule has 242 valence electrons. The van der Waals surface area contributed by atoms with Crippen molar-refractivity contribution in [2.45, 2.75) is 13.5 Å². The zero-order valence-corrected chi connectivity index (χ0v) is 25.2. The van der Waals surface area contributed by atoms with Crippen molar-refractivity contribution < 1.29 is 28.2 Å². The van der Waals surface area contributed by atoms with Crippen LogP contribution in [0.1, 0.15) is 17.3 Å². The Morgan fingerprint density at radius 2 is 1.72 bits per heavy atom. The normalized spacial score (nSPS) is 10.9. The number of ether oxygens (including phenoxy) is 2. The fourth-order valence-electron chi connectivity index (χ4n) is 4.56. The van der Waals surface area contributed by atoms with Crippen LogP contribution in [0.3, 0.4) is 0 Å². The lowest BCUT2D eigenvalue weighted by Crippen LogP contribution is -2.41. The van der Waals surface area contributed by atoms with Gasteiger partial charge in [0, 0.05) is 55.1 Å². The number of aromatic nitrogens is 6. The van der Waals surface area contributed by atoms with E-state index in [4.69, 9.17) is 20.3 Å². The Balaban J connectivity index is 0.000000185. The van der Waals surface area contributed by atoms with E-state index in [-0.39, 0.29) is 24.6 Å². The Morgan fingerprint density at radius 1 is 0.957 bits per heavy atom. The number of halogens is 2. The Kier molecular flexibility index (Phi) is 9.56. The molecule has 0 saturated carbocycles. The number of fused-ring (bicyclic) bond motifs is 1. The molecule has 4 aromatic heterocycles. The number of carboxylic acids is 1. The van der Waals surface area contributed by atoms with Gasteiger partial charge in [0.15, 0.2) is 17.3 Å². The van der Waals surface area contributed by atoms with Crippen LogP contribution in [-0.2, 0) is 18.3 Å². The summed E-state index contributed by atoms with van der Waals surface area (Å²) in [6.07, 6.45) is 8.16. The third kappa shape index (κ3) is 7.26. The maximum Gasteiger partial charge on any atom is 0.342 e. The van der Waals surface area contributed by atoms with E-state index in [0.717, 1.165) is 39.5 Å². The third-order valence-corrected chi connectivity index (χ3v) is 6.84. The lowest BCUT2D eigenvalue weighted by atomic mass is 10.1. The fourth-order valence-corrected chi connectivity index (χ4v) is 4.56. The predicted molar refractivity (Wildman–Crippen MR) is 168 cm³/mol.